The number of anilines is 1. The summed E-state index contributed by atoms with van der Waals surface area (Å²) in [5.74, 6) is 0.0942. The number of thiophene rings is 1. The molecular formula is C11H10ClN3OS. The summed E-state index contributed by atoms with van der Waals surface area (Å²) in [6, 6.07) is 7.99. The van der Waals surface area contributed by atoms with Crippen LogP contribution in [0, 0.1) is 0 Å². The molecule has 4 nitrogen and oxygen atoms in total. The number of hydrogen-bond acceptors (Lipinski definition) is 4. The van der Waals surface area contributed by atoms with E-state index in [2.05, 4.69) is 10.3 Å². The highest BCUT2D eigenvalue weighted by atomic mass is 35.5. The Balaban J connectivity index is 2.07. The van der Waals surface area contributed by atoms with Crippen molar-refractivity contribution in [1.29, 1.82) is 0 Å². The highest BCUT2D eigenvalue weighted by Gasteiger charge is 2.17. The van der Waals surface area contributed by atoms with Crippen LogP contribution in [0.2, 0.25) is 5.15 Å². The molecule has 88 valence electrons. The largest absolute Gasteiger partial charge is 0.316 e. The summed E-state index contributed by atoms with van der Waals surface area (Å²) in [6.45, 7) is 0. The predicted octanol–water partition coefficient (Wildman–Crippen LogP) is 2.44. The number of pyridine rings is 1. The number of hydrogen-bond donors (Lipinski definition) is 2. The minimum Gasteiger partial charge on any atom is -0.316 e. The topological polar surface area (TPSA) is 68.0 Å². The van der Waals surface area contributed by atoms with E-state index in [4.69, 9.17) is 17.3 Å². The number of rotatable bonds is 3. The Hall–Kier alpha value is -1.43. The molecule has 3 N–H and O–H groups in total. The molecule has 0 bridgehead atoms. The standard InChI is InChI=1S/C11H10ClN3OS/c12-8-4-1-5-9(14-8)15-11(16)10(13)7-3-2-6-17-7/h1-6,10H,13H2,(H,14,15,16). The Bertz CT molecular complexity index is 515. The van der Waals surface area contributed by atoms with Crippen LogP contribution in [-0.2, 0) is 4.79 Å². The van der Waals surface area contributed by atoms with E-state index in [-0.39, 0.29) is 5.91 Å². The fourth-order valence-corrected chi connectivity index (χ4v) is 2.17. The van der Waals surface area contributed by atoms with Gasteiger partial charge in [0.05, 0.1) is 0 Å². The average Bonchev–Trinajstić information content (AvgIpc) is 2.81. The minimum absolute atomic E-state index is 0.304. The molecule has 0 aromatic carbocycles. The van der Waals surface area contributed by atoms with Gasteiger partial charge in [0.15, 0.2) is 0 Å². The van der Waals surface area contributed by atoms with E-state index in [1.165, 1.54) is 11.3 Å². The van der Waals surface area contributed by atoms with Crippen LogP contribution in [0.4, 0.5) is 5.82 Å². The molecule has 2 rings (SSSR count). The Morgan fingerprint density at radius 1 is 1.41 bits per heavy atom. The lowest BCUT2D eigenvalue weighted by Gasteiger charge is -2.09. The van der Waals surface area contributed by atoms with E-state index in [9.17, 15) is 4.79 Å². The summed E-state index contributed by atoms with van der Waals surface area (Å²) in [5, 5.41) is 4.82. The lowest BCUT2D eigenvalue weighted by molar-refractivity contribution is -0.117. The van der Waals surface area contributed by atoms with Crippen molar-refractivity contribution in [3.63, 3.8) is 0 Å². The summed E-state index contributed by atoms with van der Waals surface area (Å²) in [7, 11) is 0. The van der Waals surface area contributed by atoms with Gasteiger partial charge in [0, 0.05) is 4.88 Å². The molecular weight excluding hydrogens is 258 g/mol. The van der Waals surface area contributed by atoms with Gasteiger partial charge in [-0.05, 0) is 23.6 Å². The second kappa shape index (κ2) is 5.27. The zero-order valence-corrected chi connectivity index (χ0v) is 10.3. The highest BCUT2D eigenvalue weighted by molar-refractivity contribution is 7.10. The van der Waals surface area contributed by atoms with Gasteiger partial charge in [-0.3, -0.25) is 4.79 Å². The maximum absolute atomic E-state index is 11.8. The summed E-state index contributed by atoms with van der Waals surface area (Å²) >= 11 is 7.16. The predicted molar refractivity (Wildman–Crippen MR) is 69.1 cm³/mol. The van der Waals surface area contributed by atoms with Gasteiger partial charge in [-0.15, -0.1) is 11.3 Å². The number of aromatic nitrogens is 1. The summed E-state index contributed by atoms with van der Waals surface area (Å²) in [5.41, 5.74) is 5.81. The SMILES string of the molecule is NC(C(=O)Nc1cccc(Cl)n1)c1cccs1. The van der Waals surface area contributed by atoms with Crippen molar-refractivity contribution >= 4 is 34.7 Å². The van der Waals surface area contributed by atoms with Crippen LogP contribution >= 0.6 is 22.9 Å². The Kier molecular flexibility index (Phi) is 3.73. The second-order valence-corrected chi connectivity index (χ2v) is 4.69. The van der Waals surface area contributed by atoms with Crippen LogP contribution in [0.1, 0.15) is 10.9 Å². The Morgan fingerprint density at radius 2 is 2.24 bits per heavy atom. The molecule has 0 saturated heterocycles. The van der Waals surface area contributed by atoms with Crippen LogP contribution in [0.15, 0.2) is 35.7 Å². The van der Waals surface area contributed by atoms with Crippen molar-refractivity contribution in [3.8, 4) is 0 Å². The molecule has 1 atom stereocenters. The van der Waals surface area contributed by atoms with Gasteiger partial charge in [0.2, 0.25) is 5.91 Å². The van der Waals surface area contributed by atoms with Gasteiger partial charge in [0.1, 0.15) is 17.0 Å². The van der Waals surface area contributed by atoms with Crippen molar-refractivity contribution < 1.29 is 4.79 Å². The van der Waals surface area contributed by atoms with Crippen LogP contribution in [-0.4, -0.2) is 10.9 Å². The molecule has 6 heteroatoms. The molecule has 1 unspecified atom stereocenters. The van der Waals surface area contributed by atoms with Crippen molar-refractivity contribution in [2.45, 2.75) is 6.04 Å². The molecule has 2 heterocycles. The molecule has 2 aromatic heterocycles. The molecule has 17 heavy (non-hydrogen) atoms. The number of halogens is 1. The zero-order chi connectivity index (χ0) is 12.3. The Labute approximate surface area is 107 Å². The average molecular weight is 268 g/mol. The van der Waals surface area contributed by atoms with E-state index in [0.717, 1.165) is 4.88 Å². The van der Waals surface area contributed by atoms with Crippen LogP contribution in [0.3, 0.4) is 0 Å². The van der Waals surface area contributed by atoms with Crippen molar-refractivity contribution in [3.05, 3.63) is 45.7 Å². The lowest BCUT2D eigenvalue weighted by Crippen LogP contribution is -2.27. The number of nitrogens with two attached hydrogens (primary N) is 1. The lowest BCUT2D eigenvalue weighted by atomic mass is 10.2. The first-order valence-electron chi connectivity index (χ1n) is 4.89. The third-order valence-electron chi connectivity index (χ3n) is 2.10. The number of nitrogens with one attached hydrogen (secondary N) is 1. The maximum atomic E-state index is 11.8. The van der Waals surface area contributed by atoms with Gasteiger partial charge < -0.3 is 11.1 Å². The van der Waals surface area contributed by atoms with Crippen molar-refractivity contribution in [2.24, 2.45) is 5.73 Å². The number of carbonyl (C=O) groups excluding carboxylic acids is 1. The van der Waals surface area contributed by atoms with Gasteiger partial charge in [-0.1, -0.05) is 23.7 Å². The van der Waals surface area contributed by atoms with Crippen LogP contribution < -0.4 is 11.1 Å². The summed E-state index contributed by atoms with van der Waals surface area (Å²) in [4.78, 5) is 16.6. The van der Waals surface area contributed by atoms with Gasteiger partial charge in [-0.25, -0.2) is 4.98 Å². The molecule has 0 radical (unpaired) electrons. The van der Waals surface area contributed by atoms with Gasteiger partial charge in [0.25, 0.3) is 0 Å². The normalized spacial score (nSPS) is 12.1. The summed E-state index contributed by atoms with van der Waals surface area (Å²) < 4.78 is 0. The first-order chi connectivity index (χ1) is 8.16. The van der Waals surface area contributed by atoms with E-state index in [1.54, 1.807) is 18.2 Å². The molecule has 1 amide bonds. The van der Waals surface area contributed by atoms with Crippen LogP contribution in [0.5, 0.6) is 0 Å². The smallest absolute Gasteiger partial charge is 0.247 e. The van der Waals surface area contributed by atoms with E-state index in [1.807, 2.05) is 17.5 Å². The van der Waals surface area contributed by atoms with Crippen molar-refractivity contribution in [2.75, 3.05) is 5.32 Å². The van der Waals surface area contributed by atoms with E-state index in [0.29, 0.717) is 11.0 Å². The van der Waals surface area contributed by atoms with Crippen LogP contribution in [0.25, 0.3) is 0 Å². The molecule has 0 aliphatic rings. The first kappa shape index (κ1) is 12.0. The number of nitrogens with zero attached hydrogens (tertiary/aromatic N) is 1. The molecule has 0 aliphatic heterocycles. The highest BCUT2D eigenvalue weighted by Crippen LogP contribution is 2.18. The van der Waals surface area contributed by atoms with Gasteiger partial charge in [-0.2, -0.15) is 0 Å². The maximum Gasteiger partial charge on any atom is 0.247 e. The molecule has 2 aromatic rings. The fraction of sp³-hybridized carbons (Fsp3) is 0.0909. The molecule has 0 fully saturated rings. The molecule has 0 aliphatic carbocycles. The van der Waals surface area contributed by atoms with Gasteiger partial charge >= 0.3 is 0 Å². The summed E-state index contributed by atoms with van der Waals surface area (Å²) in [6.07, 6.45) is 0. The first-order valence-corrected chi connectivity index (χ1v) is 6.15. The third kappa shape index (κ3) is 3.03. The quantitative estimate of drug-likeness (QED) is 0.840. The zero-order valence-electron chi connectivity index (χ0n) is 8.76. The number of carbonyl (C=O) groups is 1. The third-order valence-corrected chi connectivity index (χ3v) is 3.26. The second-order valence-electron chi connectivity index (χ2n) is 3.33. The molecule has 0 saturated carbocycles. The van der Waals surface area contributed by atoms with E-state index >= 15 is 0 Å². The van der Waals surface area contributed by atoms with Crippen molar-refractivity contribution in [1.82, 2.24) is 4.98 Å². The fourth-order valence-electron chi connectivity index (χ4n) is 1.28. The Morgan fingerprint density at radius 3 is 2.88 bits per heavy atom. The number of amides is 1. The monoisotopic (exact) mass is 267 g/mol. The minimum atomic E-state index is -0.684. The van der Waals surface area contributed by atoms with E-state index < -0.39 is 6.04 Å². The molecule has 0 spiro atoms.